The first-order valence-electron chi connectivity index (χ1n) is 9.13. The summed E-state index contributed by atoms with van der Waals surface area (Å²) in [5.74, 6) is 0.606. The van der Waals surface area contributed by atoms with Crippen LogP contribution in [0.25, 0.3) is 11.3 Å². The van der Waals surface area contributed by atoms with E-state index in [-0.39, 0.29) is 24.1 Å². The van der Waals surface area contributed by atoms with Crippen molar-refractivity contribution in [1.29, 1.82) is 0 Å². The van der Waals surface area contributed by atoms with Gasteiger partial charge in [-0.25, -0.2) is 0 Å². The number of hydrogen-bond acceptors (Lipinski definition) is 4. The van der Waals surface area contributed by atoms with E-state index in [9.17, 15) is 9.59 Å². The van der Waals surface area contributed by atoms with Gasteiger partial charge in [0.2, 0.25) is 0 Å². The Kier molecular flexibility index (Phi) is 5.94. The average Bonchev–Trinajstić information content (AvgIpc) is 3.18. The predicted molar refractivity (Wildman–Crippen MR) is 108 cm³/mol. The van der Waals surface area contributed by atoms with Crippen LogP contribution in [-0.4, -0.2) is 19.0 Å². The van der Waals surface area contributed by atoms with Gasteiger partial charge in [-0.3, -0.25) is 9.59 Å². The van der Waals surface area contributed by atoms with E-state index in [0.717, 1.165) is 11.1 Å². The van der Waals surface area contributed by atoms with Crippen LogP contribution in [0.4, 0.5) is 5.69 Å². The van der Waals surface area contributed by atoms with Crippen molar-refractivity contribution in [1.82, 2.24) is 0 Å². The third-order valence-electron chi connectivity index (χ3n) is 4.43. The second-order valence-electron chi connectivity index (χ2n) is 6.85. The lowest BCUT2D eigenvalue weighted by atomic mass is 10.0. The molecule has 0 aliphatic heterocycles. The Morgan fingerprint density at radius 2 is 1.82 bits per heavy atom. The number of esters is 1. The van der Waals surface area contributed by atoms with Gasteiger partial charge >= 0.3 is 5.97 Å². The van der Waals surface area contributed by atoms with Crippen molar-refractivity contribution in [2.24, 2.45) is 0 Å². The minimum Gasteiger partial charge on any atom is -0.469 e. The number of anilines is 1. The molecule has 0 aliphatic carbocycles. The highest BCUT2D eigenvalue weighted by Crippen LogP contribution is 2.26. The van der Waals surface area contributed by atoms with Gasteiger partial charge in [-0.2, -0.15) is 0 Å². The van der Waals surface area contributed by atoms with Crippen LogP contribution in [0.3, 0.4) is 0 Å². The lowest BCUT2D eigenvalue weighted by Gasteiger charge is -2.07. The van der Waals surface area contributed by atoms with Gasteiger partial charge < -0.3 is 14.5 Å². The zero-order valence-corrected chi connectivity index (χ0v) is 16.2. The van der Waals surface area contributed by atoms with E-state index in [4.69, 9.17) is 4.42 Å². The van der Waals surface area contributed by atoms with E-state index in [1.54, 1.807) is 36.4 Å². The number of carbonyl (C=O) groups is 2. The number of methoxy groups -OCH3 is 1. The lowest BCUT2D eigenvalue weighted by Crippen LogP contribution is -2.11. The first-order chi connectivity index (χ1) is 13.5. The van der Waals surface area contributed by atoms with Crippen molar-refractivity contribution in [3.8, 4) is 11.3 Å². The number of rotatable bonds is 6. The van der Waals surface area contributed by atoms with Gasteiger partial charge in [0, 0.05) is 11.3 Å². The Labute approximate surface area is 164 Å². The Bertz CT molecular complexity index is 988. The molecule has 0 atom stereocenters. The maximum absolute atomic E-state index is 12.5. The highest BCUT2D eigenvalue weighted by molar-refractivity contribution is 6.02. The molecule has 1 heterocycles. The molecule has 0 radical (unpaired) electrons. The summed E-state index contributed by atoms with van der Waals surface area (Å²) in [5, 5.41) is 2.80. The first kappa shape index (κ1) is 19.4. The number of nitrogens with one attached hydrogen (secondary N) is 1. The number of hydrogen-bond donors (Lipinski definition) is 1. The lowest BCUT2D eigenvalue weighted by molar-refractivity contribution is -0.139. The summed E-state index contributed by atoms with van der Waals surface area (Å²) in [7, 11) is 1.35. The SMILES string of the molecule is COC(=O)Cc1cccc(NC(=O)c2ccc(-c3cccc(C(C)C)c3)o2)c1. The van der Waals surface area contributed by atoms with Crippen LogP contribution < -0.4 is 5.32 Å². The zero-order valence-electron chi connectivity index (χ0n) is 16.2. The molecule has 0 spiro atoms. The van der Waals surface area contributed by atoms with Crippen molar-refractivity contribution in [3.05, 3.63) is 77.6 Å². The number of amides is 1. The second kappa shape index (κ2) is 8.57. The molecule has 0 bridgehead atoms. The molecule has 0 saturated carbocycles. The topological polar surface area (TPSA) is 68.5 Å². The molecule has 1 amide bonds. The largest absolute Gasteiger partial charge is 0.469 e. The summed E-state index contributed by atoms with van der Waals surface area (Å²) in [6.45, 7) is 4.27. The quantitative estimate of drug-likeness (QED) is 0.611. The van der Waals surface area contributed by atoms with Crippen molar-refractivity contribution in [2.45, 2.75) is 26.2 Å². The Morgan fingerprint density at radius 1 is 1.04 bits per heavy atom. The van der Waals surface area contributed by atoms with Gasteiger partial charge in [0.05, 0.1) is 13.5 Å². The Balaban J connectivity index is 1.73. The van der Waals surface area contributed by atoms with E-state index >= 15 is 0 Å². The molecule has 28 heavy (non-hydrogen) atoms. The fraction of sp³-hybridized carbons (Fsp3) is 0.217. The van der Waals surface area contributed by atoms with Gasteiger partial charge in [-0.1, -0.05) is 44.2 Å². The number of furan rings is 1. The maximum atomic E-state index is 12.5. The molecular formula is C23H23NO4. The second-order valence-corrected chi connectivity index (χ2v) is 6.85. The molecule has 3 rings (SSSR count). The Morgan fingerprint density at radius 3 is 2.57 bits per heavy atom. The van der Waals surface area contributed by atoms with Crippen LogP contribution in [-0.2, 0) is 16.0 Å². The maximum Gasteiger partial charge on any atom is 0.309 e. The summed E-state index contributed by atoms with van der Waals surface area (Å²) >= 11 is 0. The fourth-order valence-electron chi connectivity index (χ4n) is 2.86. The molecule has 1 N–H and O–H groups in total. The van der Waals surface area contributed by atoms with Gasteiger partial charge in [0.25, 0.3) is 5.91 Å². The van der Waals surface area contributed by atoms with Crippen LogP contribution in [0.2, 0.25) is 0 Å². The van der Waals surface area contributed by atoms with Gasteiger partial charge in [-0.05, 0) is 47.4 Å². The van der Waals surface area contributed by atoms with E-state index in [2.05, 4.69) is 36.0 Å². The molecule has 0 aliphatic rings. The van der Waals surface area contributed by atoms with E-state index < -0.39 is 0 Å². The van der Waals surface area contributed by atoms with Gasteiger partial charge in [0.1, 0.15) is 5.76 Å². The molecular weight excluding hydrogens is 354 g/mol. The van der Waals surface area contributed by atoms with Crippen LogP contribution in [0.1, 0.15) is 41.4 Å². The first-order valence-corrected chi connectivity index (χ1v) is 9.13. The van der Waals surface area contributed by atoms with Crippen LogP contribution in [0, 0.1) is 0 Å². The summed E-state index contributed by atoms with van der Waals surface area (Å²) in [5.41, 5.74) is 3.49. The van der Waals surface area contributed by atoms with Crippen molar-refractivity contribution in [3.63, 3.8) is 0 Å². The molecule has 3 aromatic rings. The van der Waals surface area contributed by atoms with Crippen molar-refractivity contribution < 1.29 is 18.7 Å². The molecule has 5 heteroatoms. The van der Waals surface area contributed by atoms with Crippen molar-refractivity contribution >= 4 is 17.6 Å². The summed E-state index contributed by atoms with van der Waals surface area (Å²) in [6, 6.07) is 18.6. The normalized spacial score (nSPS) is 10.7. The molecule has 0 saturated heterocycles. The minimum absolute atomic E-state index is 0.150. The monoisotopic (exact) mass is 377 g/mol. The molecule has 2 aromatic carbocycles. The predicted octanol–water partition coefficient (Wildman–Crippen LogP) is 5.04. The fourth-order valence-corrected chi connectivity index (χ4v) is 2.86. The van der Waals surface area contributed by atoms with Crippen LogP contribution in [0.15, 0.2) is 65.1 Å². The average molecular weight is 377 g/mol. The summed E-state index contributed by atoms with van der Waals surface area (Å²) < 4.78 is 10.4. The van der Waals surface area contributed by atoms with Crippen LogP contribution in [0.5, 0.6) is 0 Å². The summed E-state index contributed by atoms with van der Waals surface area (Å²) in [4.78, 5) is 23.9. The van der Waals surface area contributed by atoms with E-state index in [0.29, 0.717) is 17.4 Å². The minimum atomic E-state index is -0.346. The number of ether oxygens (including phenoxy) is 1. The number of benzene rings is 2. The highest BCUT2D eigenvalue weighted by atomic mass is 16.5. The third-order valence-corrected chi connectivity index (χ3v) is 4.43. The van der Waals surface area contributed by atoms with Gasteiger partial charge in [-0.15, -0.1) is 0 Å². The van der Waals surface area contributed by atoms with Crippen molar-refractivity contribution in [2.75, 3.05) is 12.4 Å². The van der Waals surface area contributed by atoms with Crippen LogP contribution >= 0.6 is 0 Å². The van der Waals surface area contributed by atoms with E-state index in [1.807, 2.05) is 12.1 Å². The molecule has 144 valence electrons. The third kappa shape index (κ3) is 4.68. The summed E-state index contributed by atoms with van der Waals surface area (Å²) in [6.07, 6.45) is 0.150. The molecule has 5 nitrogen and oxygen atoms in total. The smallest absolute Gasteiger partial charge is 0.309 e. The molecule has 1 aromatic heterocycles. The van der Waals surface area contributed by atoms with Gasteiger partial charge in [0.15, 0.2) is 5.76 Å². The highest BCUT2D eigenvalue weighted by Gasteiger charge is 2.14. The van der Waals surface area contributed by atoms with E-state index in [1.165, 1.54) is 12.7 Å². The zero-order chi connectivity index (χ0) is 20.1. The molecule has 0 unspecified atom stereocenters. The standard InChI is InChI=1S/C23H23NO4/c1-15(2)17-7-5-8-18(14-17)20-10-11-21(28-20)23(26)24-19-9-4-6-16(12-19)13-22(25)27-3/h4-12,14-15H,13H2,1-3H3,(H,24,26). The number of carbonyl (C=O) groups excluding carboxylic acids is 2. The molecule has 0 fully saturated rings. The Hall–Kier alpha value is -3.34.